The number of phenolic OH excluding ortho intramolecular Hbond substituents is 2. The number of para-hydroxylation sites is 1. The summed E-state index contributed by atoms with van der Waals surface area (Å²) in [6.07, 6.45) is 0.979. The fraction of sp³-hybridized carbons (Fsp3) is 0.417. The summed E-state index contributed by atoms with van der Waals surface area (Å²) in [7, 11) is 1.74. The molecule has 0 saturated carbocycles. The zero-order chi connectivity index (χ0) is 12.4. The van der Waals surface area contributed by atoms with Gasteiger partial charge in [0.05, 0.1) is 5.56 Å². The number of thioether (sulfide) groups is 1. The largest absolute Gasteiger partial charge is 0.504 e. The number of aromatic hydroxyl groups is 2. The Morgan fingerprint density at radius 2 is 2.24 bits per heavy atom. The van der Waals surface area contributed by atoms with Crippen LogP contribution in [0.15, 0.2) is 18.2 Å². The van der Waals surface area contributed by atoms with Gasteiger partial charge in [-0.25, -0.2) is 0 Å². The highest BCUT2D eigenvalue weighted by Gasteiger charge is 2.26. The molecular formula is C12H15NO3S. The Balaban J connectivity index is 2.21. The number of carbonyl (C=O) groups excluding carboxylic acids is 1. The Morgan fingerprint density at radius 1 is 1.47 bits per heavy atom. The Labute approximate surface area is 104 Å². The van der Waals surface area contributed by atoms with Crippen molar-refractivity contribution < 1.29 is 15.0 Å². The molecule has 1 atom stereocenters. The number of phenols is 2. The third-order valence-corrected chi connectivity index (χ3v) is 4.16. The van der Waals surface area contributed by atoms with Gasteiger partial charge in [0.2, 0.25) is 0 Å². The van der Waals surface area contributed by atoms with E-state index in [1.54, 1.807) is 18.0 Å². The lowest BCUT2D eigenvalue weighted by Gasteiger charge is -2.24. The Kier molecular flexibility index (Phi) is 3.47. The van der Waals surface area contributed by atoms with Crippen molar-refractivity contribution in [1.82, 2.24) is 4.90 Å². The van der Waals surface area contributed by atoms with E-state index in [0.717, 1.165) is 17.9 Å². The molecule has 1 amide bonds. The van der Waals surface area contributed by atoms with Crippen molar-refractivity contribution >= 4 is 17.7 Å². The van der Waals surface area contributed by atoms with Crippen molar-refractivity contribution in [2.24, 2.45) is 0 Å². The molecule has 1 aliphatic heterocycles. The second-order valence-electron chi connectivity index (χ2n) is 4.11. The van der Waals surface area contributed by atoms with Crippen LogP contribution in [0, 0.1) is 0 Å². The maximum Gasteiger partial charge on any atom is 0.257 e. The van der Waals surface area contributed by atoms with Crippen LogP contribution in [0.25, 0.3) is 0 Å². The third kappa shape index (κ3) is 2.34. The molecular weight excluding hydrogens is 238 g/mol. The highest BCUT2D eigenvalue weighted by atomic mass is 32.2. The first kappa shape index (κ1) is 12.1. The van der Waals surface area contributed by atoms with E-state index in [1.807, 2.05) is 11.8 Å². The second-order valence-corrected chi connectivity index (χ2v) is 5.26. The summed E-state index contributed by atoms with van der Waals surface area (Å²) in [6.45, 7) is 0. The Morgan fingerprint density at radius 3 is 2.88 bits per heavy atom. The number of benzene rings is 1. The molecule has 1 unspecified atom stereocenters. The summed E-state index contributed by atoms with van der Waals surface area (Å²) in [5, 5.41) is 19.0. The van der Waals surface area contributed by atoms with Gasteiger partial charge in [0.1, 0.15) is 0 Å². The van der Waals surface area contributed by atoms with Gasteiger partial charge in [-0.1, -0.05) is 6.07 Å². The van der Waals surface area contributed by atoms with Crippen LogP contribution in [0.5, 0.6) is 11.5 Å². The molecule has 2 N–H and O–H groups in total. The van der Waals surface area contributed by atoms with Crippen LogP contribution >= 0.6 is 11.8 Å². The molecule has 0 bridgehead atoms. The minimum Gasteiger partial charge on any atom is -0.504 e. The summed E-state index contributed by atoms with van der Waals surface area (Å²) in [5.41, 5.74) is 0.157. The topological polar surface area (TPSA) is 60.8 Å². The van der Waals surface area contributed by atoms with Crippen LogP contribution < -0.4 is 0 Å². The molecule has 17 heavy (non-hydrogen) atoms. The maximum absolute atomic E-state index is 12.2. The van der Waals surface area contributed by atoms with E-state index in [2.05, 4.69) is 0 Å². The van der Waals surface area contributed by atoms with E-state index >= 15 is 0 Å². The predicted molar refractivity (Wildman–Crippen MR) is 67.6 cm³/mol. The fourth-order valence-electron chi connectivity index (χ4n) is 1.89. The van der Waals surface area contributed by atoms with Crippen molar-refractivity contribution in [2.45, 2.75) is 12.5 Å². The molecule has 2 rings (SSSR count). The highest BCUT2D eigenvalue weighted by molar-refractivity contribution is 7.99. The molecule has 1 aromatic rings. The zero-order valence-corrected chi connectivity index (χ0v) is 10.4. The van der Waals surface area contributed by atoms with Gasteiger partial charge in [-0.3, -0.25) is 4.79 Å². The van der Waals surface area contributed by atoms with Crippen LogP contribution in [0.4, 0.5) is 0 Å². The van der Waals surface area contributed by atoms with E-state index in [-0.39, 0.29) is 29.0 Å². The standard InChI is InChI=1S/C12H15NO3S/c1-13(8-5-6-17-7-8)12(16)9-3-2-4-10(14)11(9)15/h2-4,8,14-15H,5-7H2,1H3. The number of amides is 1. The number of nitrogens with zero attached hydrogens (tertiary/aromatic N) is 1. The van der Waals surface area contributed by atoms with Gasteiger partial charge in [-0.2, -0.15) is 11.8 Å². The van der Waals surface area contributed by atoms with E-state index < -0.39 is 0 Å². The molecule has 1 aromatic carbocycles. The van der Waals surface area contributed by atoms with Crippen molar-refractivity contribution in [3.63, 3.8) is 0 Å². The molecule has 1 fully saturated rings. The molecule has 1 heterocycles. The van der Waals surface area contributed by atoms with Gasteiger partial charge in [-0.15, -0.1) is 0 Å². The quantitative estimate of drug-likeness (QED) is 0.787. The molecule has 0 aliphatic carbocycles. The van der Waals surface area contributed by atoms with Crippen LogP contribution in [0.3, 0.4) is 0 Å². The van der Waals surface area contributed by atoms with Gasteiger partial charge in [0.25, 0.3) is 5.91 Å². The highest BCUT2D eigenvalue weighted by Crippen LogP contribution is 2.30. The van der Waals surface area contributed by atoms with E-state index in [0.29, 0.717) is 0 Å². The number of hydrogen-bond donors (Lipinski definition) is 2. The van der Waals surface area contributed by atoms with Crippen LogP contribution in [0.2, 0.25) is 0 Å². The van der Waals surface area contributed by atoms with Gasteiger partial charge in [-0.05, 0) is 24.3 Å². The third-order valence-electron chi connectivity index (χ3n) is 3.02. The first-order chi connectivity index (χ1) is 8.11. The van der Waals surface area contributed by atoms with E-state index in [9.17, 15) is 15.0 Å². The lowest BCUT2D eigenvalue weighted by molar-refractivity contribution is 0.0744. The van der Waals surface area contributed by atoms with Crippen molar-refractivity contribution in [1.29, 1.82) is 0 Å². The smallest absolute Gasteiger partial charge is 0.257 e. The zero-order valence-electron chi connectivity index (χ0n) is 9.59. The van der Waals surface area contributed by atoms with Gasteiger partial charge >= 0.3 is 0 Å². The van der Waals surface area contributed by atoms with Crippen LogP contribution in [0.1, 0.15) is 16.8 Å². The lowest BCUT2D eigenvalue weighted by atomic mass is 10.1. The summed E-state index contributed by atoms with van der Waals surface area (Å²) >= 11 is 1.82. The molecule has 1 saturated heterocycles. The average molecular weight is 253 g/mol. The van der Waals surface area contributed by atoms with Gasteiger partial charge in [0.15, 0.2) is 11.5 Å². The summed E-state index contributed by atoms with van der Waals surface area (Å²) in [5.74, 6) is 1.15. The number of hydrogen-bond acceptors (Lipinski definition) is 4. The number of carbonyl (C=O) groups is 1. The van der Waals surface area contributed by atoms with Crippen LogP contribution in [-0.2, 0) is 0 Å². The normalized spacial score (nSPS) is 19.2. The molecule has 92 valence electrons. The van der Waals surface area contributed by atoms with Crippen LogP contribution in [-0.4, -0.2) is 45.6 Å². The Hall–Kier alpha value is -1.36. The molecule has 0 radical (unpaired) electrons. The monoisotopic (exact) mass is 253 g/mol. The summed E-state index contributed by atoms with van der Waals surface area (Å²) < 4.78 is 0. The van der Waals surface area contributed by atoms with Crippen molar-refractivity contribution in [3.8, 4) is 11.5 Å². The van der Waals surface area contributed by atoms with Crippen molar-refractivity contribution in [3.05, 3.63) is 23.8 Å². The minimum absolute atomic E-state index is 0.157. The Bertz CT molecular complexity index is 430. The first-order valence-corrected chi connectivity index (χ1v) is 6.62. The first-order valence-electron chi connectivity index (χ1n) is 5.47. The lowest BCUT2D eigenvalue weighted by Crippen LogP contribution is -2.36. The minimum atomic E-state index is -0.338. The van der Waals surface area contributed by atoms with Crippen molar-refractivity contribution in [2.75, 3.05) is 18.6 Å². The van der Waals surface area contributed by atoms with E-state index in [1.165, 1.54) is 12.1 Å². The molecule has 4 nitrogen and oxygen atoms in total. The second kappa shape index (κ2) is 4.87. The fourth-order valence-corrected chi connectivity index (χ4v) is 3.16. The maximum atomic E-state index is 12.2. The molecule has 0 spiro atoms. The van der Waals surface area contributed by atoms with E-state index in [4.69, 9.17) is 0 Å². The summed E-state index contributed by atoms with van der Waals surface area (Å²) in [6, 6.07) is 4.65. The average Bonchev–Trinajstić information content (AvgIpc) is 2.84. The van der Waals surface area contributed by atoms with Gasteiger partial charge in [0, 0.05) is 18.8 Å². The molecule has 0 aromatic heterocycles. The predicted octanol–water partition coefficient (Wildman–Crippen LogP) is 1.68. The molecule has 1 aliphatic rings. The van der Waals surface area contributed by atoms with Gasteiger partial charge < -0.3 is 15.1 Å². The summed E-state index contributed by atoms with van der Waals surface area (Å²) in [4.78, 5) is 13.8. The SMILES string of the molecule is CN(C(=O)c1cccc(O)c1O)C1CCSC1. The molecule has 5 heteroatoms. The number of rotatable bonds is 2.